The van der Waals surface area contributed by atoms with Gasteiger partial charge in [-0.1, -0.05) is 66.7 Å². The van der Waals surface area contributed by atoms with Crippen LogP contribution in [0.3, 0.4) is 0 Å². The third kappa shape index (κ3) is 4.42. The van der Waals surface area contributed by atoms with Gasteiger partial charge in [-0.15, -0.1) is 0 Å². The van der Waals surface area contributed by atoms with E-state index >= 15 is 0 Å². The summed E-state index contributed by atoms with van der Waals surface area (Å²) in [5.41, 5.74) is 1.85. The van der Waals surface area contributed by atoms with Crippen molar-refractivity contribution in [3.05, 3.63) is 77.9 Å². The Morgan fingerprint density at radius 2 is 1.52 bits per heavy atom. The monoisotopic (exact) mass is 279 g/mol. The molecule has 0 aliphatic carbocycles. The molecule has 0 aromatic heterocycles. The fourth-order valence-corrected chi connectivity index (χ4v) is 1.90. The lowest BCUT2D eigenvalue weighted by Gasteiger charge is -2.12. The van der Waals surface area contributed by atoms with E-state index in [2.05, 4.69) is 5.32 Å². The van der Waals surface area contributed by atoms with E-state index in [1.165, 1.54) is 6.08 Å². The van der Waals surface area contributed by atoms with Gasteiger partial charge in [-0.25, -0.2) is 0 Å². The number of rotatable bonds is 5. The second-order valence-electron chi connectivity index (χ2n) is 4.71. The molecule has 1 unspecified atom stereocenters. The summed E-state index contributed by atoms with van der Waals surface area (Å²) < 4.78 is 0. The van der Waals surface area contributed by atoms with E-state index in [1.54, 1.807) is 6.08 Å². The zero-order chi connectivity index (χ0) is 15.1. The molecule has 0 radical (unpaired) electrons. The first-order valence-electron chi connectivity index (χ1n) is 6.79. The number of ketones is 1. The molecule has 0 saturated carbocycles. The van der Waals surface area contributed by atoms with Crippen LogP contribution in [0.15, 0.2) is 66.7 Å². The van der Waals surface area contributed by atoms with Crippen molar-refractivity contribution in [2.45, 2.75) is 13.0 Å². The standard InChI is InChI=1S/C18H17NO2/c1-14(16-10-6-3-7-11-16)19-18(21)17(20)13-12-15-8-4-2-5-9-15/h2-14H,1H3,(H,19,21)/b13-12+. The van der Waals surface area contributed by atoms with Crippen LogP contribution in [0, 0.1) is 0 Å². The molecule has 0 bridgehead atoms. The third-order valence-electron chi connectivity index (χ3n) is 3.10. The largest absolute Gasteiger partial charge is 0.343 e. The van der Waals surface area contributed by atoms with E-state index in [4.69, 9.17) is 0 Å². The summed E-state index contributed by atoms with van der Waals surface area (Å²) in [6.07, 6.45) is 2.93. The molecule has 0 saturated heterocycles. The SMILES string of the molecule is CC(NC(=O)C(=O)/C=C/c1ccccc1)c1ccccc1. The number of carbonyl (C=O) groups excluding carboxylic acids is 2. The van der Waals surface area contributed by atoms with Crippen LogP contribution in [0.5, 0.6) is 0 Å². The third-order valence-corrected chi connectivity index (χ3v) is 3.10. The van der Waals surface area contributed by atoms with Crippen LogP contribution in [-0.2, 0) is 9.59 Å². The summed E-state index contributed by atoms with van der Waals surface area (Å²) >= 11 is 0. The molecule has 2 rings (SSSR count). The second-order valence-corrected chi connectivity index (χ2v) is 4.71. The van der Waals surface area contributed by atoms with Crippen molar-refractivity contribution >= 4 is 17.8 Å². The lowest BCUT2D eigenvalue weighted by molar-refractivity contribution is -0.135. The van der Waals surface area contributed by atoms with E-state index in [1.807, 2.05) is 67.6 Å². The smallest absolute Gasteiger partial charge is 0.292 e. The molecule has 0 fully saturated rings. The fourth-order valence-electron chi connectivity index (χ4n) is 1.90. The first-order valence-corrected chi connectivity index (χ1v) is 6.79. The highest BCUT2D eigenvalue weighted by atomic mass is 16.2. The Hall–Kier alpha value is -2.68. The van der Waals surface area contributed by atoms with Crippen LogP contribution in [0.2, 0.25) is 0 Å². The second kappa shape index (κ2) is 7.20. The maximum absolute atomic E-state index is 11.8. The minimum absolute atomic E-state index is 0.201. The van der Waals surface area contributed by atoms with Crippen molar-refractivity contribution in [1.82, 2.24) is 5.32 Å². The number of hydrogen-bond donors (Lipinski definition) is 1. The number of nitrogens with one attached hydrogen (secondary N) is 1. The quantitative estimate of drug-likeness (QED) is 0.675. The maximum Gasteiger partial charge on any atom is 0.292 e. The molecule has 1 atom stereocenters. The van der Waals surface area contributed by atoms with Gasteiger partial charge in [0.05, 0.1) is 6.04 Å². The molecule has 1 amide bonds. The molecule has 106 valence electrons. The van der Waals surface area contributed by atoms with Gasteiger partial charge in [0.1, 0.15) is 0 Å². The molecule has 2 aromatic rings. The molecular formula is C18H17NO2. The molecule has 0 heterocycles. The predicted molar refractivity (Wildman–Crippen MR) is 83.5 cm³/mol. The van der Waals surface area contributed by atoms with Crippen molar-refractivity contribution in [3.63, 3.8) is 0 Å². The van der Waals surface area contributed by atoms with Crippen LogP contribution in [0.4, 0.5) is 0 Å². The van der Waals surface area contributed by atoms with E-state index < -0.39 is 11.7 Å². The minimum atomic E-state index is -0.599. The molecule has 2 aromatic carbocycles. The molecule has 21 heavy (non-hydrogen) atoms. The summed E-state index contributed by atoms with van der Waals surface area (Å²) in [4.78, 5) is 23.6. The van der Waals surface area contributed by atoms with E-state index in [-0.39, 0.29) is 6.04 Å². The van der Waals surface area contributed by atoms with Gasteiger partial charge in [0.25, 0.3) is 5.91 Å². The molecule has 3 heteroatoms. The highest BCUT2D eigenvalue weighted by Crippen LogP contribution is 2.10. The van der Waals surface area contributed by atoms with E-state index in [0.29, 0.717) is 0 Å². The van der Waals surface area contributed by atoms with Crippen LogP contribution in [-0.4, -0.2) is 11.7 Å². The Bertz CT molecular complexity index is 633. The summed E-state index contributed by atoms with van der Waals surface area (Å²) in [5, 5.41) is 2.69. The van der Waals surface area contributed by atoms with Gasteiger partial charge < -0.3 is 5.32 Å². The summed E-state index contributed by atoms with van der Waals surface area (Å²) in [6, 6.07) is 18.7. The summed E-state index contributed by atoms with van der Waals surface area (Å²) in [7, 11) is 0. The Labute approximate surface area is 124 Å². The Balaban J connectivity index is 1.94. The minimum Gasteiger partial charge on any atom is -0.343 e. The molecule has 0 aliphatic rings. The highest BCUT2D eigenvalue weighted by molar-refractivity contribution is 6.41. The van der Waals surface area contributed by atoms with Crippen LogP contribution >= 0.6 is 0 Å². The average molecular weight is 279 g/mol. The molecule has 0 aliphatic heterocycles. The Kier molecular flexibility index (Phi) is 5.04. The van der Waals surface area contributed by atoms with Crippen LogP contribution < -0.4 is 5.32 Å². The van der Waals surface area contributed by atoms with Gasteiger partial charge in [0.15, 0.2) is 0 Å². The molecule has 1 N–H and O–H groups in total. The molecule has 0 spiro atoms. The topological polar surface area (TPSA) is 46.2 Å². The van der Waals surface area contributed by atoms with Gasteiger partial charge in [-0.2, -0.15) is 0 Å². The van der Waals surface area contributed by atoms with E-state index in [9.17, 15) is 9.59 Å². The fraction of sp³-hybridized carbons (Fsp3) is 0.111. The number of hydrogen-bond acceptors (Lipinski definition) is 2. The van der Waals surface area contributed by atoms with Crippen molar-refractivity contribution in [3.8, 4) is 0 Å². The number of benzene rings is 2. The van der Waals surface area contributed by atoms with Crippen LogP contribution in [0.25, 0.3) is 6.08 Å². The van der Waals surface area contributed by atoms with Crippen molar-refractivity contribution < 1.29 is 9.59 Å². The van der Waals surface area contributed by atoms with Crippen molar-refractivity contribution in [2.75, 3.05) is 0 Å². The van der Waals surface area contributed by atoms with Gasteiger partial charge in [0.2, 0.25) is 5.78 Å². The lowest BCUT2D eigenvalue weighted by Crippen LogP contribution is -2.32. The first kappa shape index (κ1) is 14.7. The highest BCUT2D eigenvalue weighted by Gasteiger charge is 2.14. The average Bonchev–Trinajstić information content (AvgIpc) is 2.54. The van der Waals surface area contributed by atoms with E-state index in [0.717, 1.165) is 11.1 Å². The zero-order valence-electron chi connectivity index (χ0n) is 11.8. The summed E-state index contributed by atoms with van der Waals surface area (Å²) in [6.45, 7) is 1.85. The zero-order valence-corrected chi connectivity index (χ0v) is 11.8. The van der Waals surface area contributed by atoms with Gasteiger partial charge in [0, 0.05) is 0 Å². The normalized spacial score (nSPS) is 12.0. The van der Waals surface area contributed by atoms with Gasteiger partial charge in [-0.05, 0) is 24.1 Å². The molecular weight excluding hydrogens is 262 g/mol. The Morgan fingerprint density at radius 3 is 2.14 bits per heavy atom. The molecule has 3 nitrogen and oxygen atoms in total. The maximum atomic E-state index is 11.8. The number of amides is 1. The first-order chi connectivity index (χ1) is 10.2. The summed E-state index contributed by atoms with van der Waals surface area (Å²) in [5.74, 6) is -1.15. The van der Waals surface area contributed by atoms with Crippen LogP contribution in [0.1, 0.15) is 24.1 Å². The van der Waals surface area contributed by atoms with Crippen molar-refractivity contribution in [1.29, 1.82) is 0 Å². The predicted octanol–water partition coefficient (Wildman–Crippen LogP) is 3.15. The van der Waals surface area contributed by atoms with Crippen molar-refractivity contribution in [2.24, 2.45) is 0 Å². The van der Waals surface area contributed by atoms with Gasteiger partial charge in [-0.3, -0.25) is 9.59 Å². The number of carbonyl (C=O) groups is 2. The van der Waals surface area contributed by atoms with Gasteiger partial charge >= 0.3 is 0 Å². The Morgan fingerprint density at radius 1 is 0.952 bits per heavy atom. The lowest BCUT2D eigenvalue weighted by atomic mass is 10.1.